The maximum Gasteiger partial charge on any atom is 0.225 e. The molecule has 0 saturated carbocycles. The number of ether oxygens (including phenoxy) is 1. The third kappa shape index (κ3) is 5.05. The van der Waals surface area contributed by atoms with Crippen LogP contribution in [0.2, 0.25) is 0 Å². The molecule has 1 fully saturated rings. The highest BCUT2D eigenvalue weighted by molar-refractivity contribution is 5.52. The van der Waals surface area contributed by atoms with E-state index in [2.05, 4.69) is 43.2 Å². The Balaban J connectivity index is 1.76. The van der Waals surface area contributed by atoms with E-state index in [9.17, 15) is 0 Å². The summed E-state index contributed by atoms with van der Waals surface area (Å²) in [5, 5.41) is 6.90. The second kappa shape index (κ2) is 8.32. The fourth-order valence-corrected chi connectivity index (χ4v) is 3.64. The van der Waals surface area contributed by atoms with E-state index in [0.29, 0.717) is 18.0 Å². The van der Waals surface area contributed by atoms with Crippen LogP contribution in [0.5, 0.6) is 0 Å². The van der Waals surface area contributed by atoms with Crippen molar-refractivity contribution in [3.63, 3.8) is 0 Å². The molecule has 25 heavy (non-hydrogen) atoms. The van der Waals surface area contributed by atoms with Gasteiger partial charge in [-0.2, -0.15) is 4.98 Å². The van der Waals surface area contributed by atoms with Crippen LogP contribution in [0.25, 0.3) is 0 Å². The number of anilines is 2. The van der Waals surface area contributed by atoms with Crippen molar-refractivity contribution < 1.29 is 4.74 Å². The Morgan fingerprint density at radius 1 is 1.08 bits per heavy atom. The summed E-state index contributed by atoms with van der Waals surface area (Å²) in [5.74, 6) is 2.45. The van der Waals surface area contributed by atoms with Crippen LogP contribution in [0.3, 0.4) is 0 Å². The molecule has 0 spiro atoms. The van der Waals surface area contributed by atoms with Gasteiger partial charge in [-0.05, 0) is 46.5 Å². The molecule has 0 amide bonds. The normalized spacial score (nSPS) is 21.4. The van der Waals surface area contributed by atoms with Crippen LogP contribution in [0.4, 0.5) is 11.8 Å². The van der Waals surface area contributed by atoms with Crippen LogP contribution < -0.4 is 10.6 Å². The zero-order valence-electron chi connectivity index (χ0n) is 16.1. The molecule has 0 radical (unpaired) electrons. The summed E-state index contributed by atoms with van der Waals surface area (Å²) < 4.78 is 5.54. The minimum Gasteiger partial charge on any atom is -0.381 e. The summed E-state index contributed by atoms with van der Waals surface area (Å²) in [7, 11) is 0. The van der Waals surface area contributed by atoms with E-state index in [1.165, 1.54) is 17.7 Å². The van der Waals surface area contributed by atoms with Crippen LogP contribution in [-0.2, 0) is 17.6 Å². The van der Waals surface area contributed by atoms with Gasteiger partial charge in [0.25, 0.3) is 0 Å². The lowest BCUT2D eigenvalue weighted by Crippen LogP contribution is -2.32. The molecule has 6 heteroatoms. The highest BCUT2D eigenvalue weighted by Crippen LogP contribution is 2.25. The summed E-state index contributed by atoms with van der Waals surface area (Å²) in [6.07, 6.45) is 3.21. The van der Waals surface area contributed by atoms with Crippen LogP contribution >= 0.6 is 0 Å². The number of rotatable bonds is 6. The minimum absolute atomic E-state index is 0.328. The fourth-order valence-electron chi connectivity index (χ4n) is 3.64. The van der Waals surface area contributed by atoms with Gasteiger partial charge in [0.1, 0.15) is 5.82 Å². The third-order valence-electron chi connectivity index (χ3n) is 4.82. The number of hydrogen-bond acceptors (Lipinski definition) is 6. The summed E-state index contributed by atoms with van der Waals surface area (Å²) in [6.45, 7) is 13.7. The zero-order valence-corrected chi connectivity index (χ0v) is 16.1. The Bertz CT molecular complexity index is 569. The van der Waals surface area contributed by atoms with Gasteiger partial charge in [0, 0.05) is 50.3 Å². The van der Waals surface area contributed by atoms with Crippen LogP contribution in [0.1, 0.15) is 45.4 Å². The number of fused-ring (bicyclic) bond motifs is 1. The van der Waals surface area contributed by atoms with Crippen molar-refractivity contribution in [3.05, 3.63) is 11.3 Å². The molecule has 1 unspecified atom stereocenters. The van der Waals surface area contributed by atoms with E-state index in [0.717, 1.165) is 57.5 Å². The Morgan fingerprint density at radius 2 is 1.84 bits per heavy atom. The second-order valence-corrected chi connectivity index (χ2v) is 7.95. The molecular formula is C19H33N5O. The molecule has 3 rings (SSSR count). The average molecular weight is 348 g/mol. The fraction of sp³-hybridized carbons (Fsp3) is 0.789. The van der Waals surface area contributed by atoms with Gasteiger partial charge in [0.05, 0.1) is 12.3 Å². The first-order valence-corrected chi connectivity index (χ1v) is 9.74. The van der Waals surface area contributed by atoms with Crippen LogP contribution in [-0.4, -0.2) is 59.8 Å². The molecular weight excluding hydrogens is 314 g/mol. The topological polar surface area (TPSA) is 62.3 Å². The number of hydrogen-bond donors (Lipinski definition) is 2. The SMILES string of the molecule is CC(C)Nc1nc2c(c(NC(C)C)n1)CCN(CC1CCOC1)CC2. The molecule has 0 aromatic carbocycles. The van der Waals surface area contributed by atoms with Gasteiger partial charge < -0.3 is 20.3 Å². The Morgan fingerprint density at radius 3 is 2.52 bits per heavy atom. The Hall–Kier alpha value is -1.40. The van der Waals surface area contributed by atoms with Gasteiger partial charge in [-0.3, -0.25) is 0 Å². The van der Waals surface area contributed by atoms with Crippen molar-refractivity contribution in [2.45, 2.75) is 59.0 Å². The highest BCUT2D eigenvalue weighted by atomic mass is 16.5. The summed E-state index contributed by atoms with van der Waals surface area (Å²) in [4.78, 5) is 12.2. The molecule has 0 bridgehead atoms. The third-order valence-corrected chi connectivity index (χ3v) is 4.82. The molecule has 1 atom stereocenters. The van der Waals surface area contributed by atoms with Gasteiger partial charge in [-0.1, -0.05) is 0 Å². The van der Waals surface area contributed by atoms with Crippen molar-refractivity contribution in [2.24, 2.45) is 5.92 Å². The van der Waals surface area contributed by atoms with Gasteiger partial charge in [-0.25, -0.2) is 4.98 Å². The Labute approximate surface area is 151 Å². The lowest BCUT2D eigenvalue weighted by Gasteiger charge is -2.22. The van der Waals surface area contributed by atoms with Crippen molar-refractivity contribution in [3.8, 4) is 0 Å². The van der Waals surface area contributed by atoms with Crippen molar-refractivity contribution >= 4 is 11.8 Å². The molecule has 2 N–H and O–H groups in total. The average Bonchev–Trinajstić information content (AvgIpc) is 2.94. The largest absolute Gasteiger partial charge is 0.381 e. The molecule has 1 aromatic heterocycles. The van der Waals surface area contributed by atoms with Gasteiger partial charge >= 0.3 is 0 Å². The van der Waals surface area contributed by atoms with Crippen LogP contribution in [0, 0.1) is 5.92 Å². The van der Waals surface area contributed by atoms with Gasteiger partial charge in [-0.15, -0.1) is 0 Å². The van der Waals surface area contributed by atoms with E-state index >= 15 is 0 Å². The zero-order chi connectivity index (χ0) is 17.8. The van der Waals surface area contributed by atoms with E-state index in [-0.39, 0.29) is 0 Å². The molecule has 140 valence electrons. The van der Waals surface area contributed by atoms with Crippen molar-refractivity contribution in [1.82, 2.24) is 14.9 Å². The van der Waals surface area contributed by atoms with E-state index < -0.39 is 0 Å². The van der Waals surface area contributed by atoms with Crippen LogP contribution in [0.15, 0.2) is 0 Å². The lowest BCUT2D eigenvalue weighted by atomic mass is 10.1. The maximum absolute atomic E-state index is 5.54. The minimum atomic E-state index is 0.328. The number of nitrogens with zero attached hydrogens (tertiary/aromatic N) is 3. The van der Waals surface area contributed by atoms with E-state index in [1.807, 2.05) is 0 Å². The maximum atomic E-state index is 5.54. The van der Waals surface area contributed by atoms with Gasteiger partial charge in [0.15, 0.2) is 0 Å². The van der Waals surface area contributed by atoms with E-state index in [1.54, 1.807) is 0 Å². The standard InChI is InChI=1S/C19H33N5O/c1-13(2)20-18-16-5-8-24(11-15-7-10-25-12-15)9-6-17(16)22-19(23-18)21-14(3)4/h13-15H,5-12H2,1-4H3,(H2,20,21,22,23). The molecule has 6 nitrogen and oxygen atoms in total. The molecule has 2 aliphatic rings. The van der Waals surface area contributed by atoms with E-state index in [4.69, 9.17) is 14.7 Å². The monoisotopic (exact) mass is 347 g/mol. The predicted molar refractivity (Wildman–Crippen MR) is 102 cm³/mol. The smallest absolute Gasteiger partial charge is 0.225 e. The molecule has 1 saturated heterocycles. The summed E-state index contributed by atoms with van der Waals surface area (Å²) >= 11 is 0. The quantitative estimate of drug-likeness (QED) is 0.825. The molecule has 3 heterocycles. The predicted octanol–water partition coefficient (Wildman–Crippen LogP) is 2.55. The first kappa shape index (κ1) is 18.4. The number of nitrogens with one attached hydrogen (secondary N) is 2. The first-order chi connectivity index (χ1) is 12.0. The van der Waals surface area contributed by atoms with Gasteiger partial charge in [0.2, 0.25) is 5.95 Å². The number of aromatic nitrogens is 2. The molecule has 2 aliphatic heterocycles. The first-order valence-electron chi connectivity index (χ1n) is 9.74. The summed E-state index contributed by atoms with van der Waals surface area (Å²) in [6, 6.07) is 0.690. The lowest BCUT2D eigenvalue weighted by molar-refractivity contribution is 0.168. The highest BCUT2D eigenvalue weighted by Gasteiger charge is 2.24. The molecule has 0 aliphatic carbocycles. The summed E-state index contributed by atoms with van der Waals surface area (Å²) in [5.41, 5.74) is 2.50. The van der Waals surface area contributed by atoms with Crippen molar-refractivity contribution in [2.75, 3.05) is 43.5 Å². The Kier molecular flexibility index (Phi) is 6.12. The van der Waals surface area contributed by atoms with Crippen molar-refractivity contribution in [1.29, 1.82) is 0 Å². The second-order valence-electron chi connectivity index (χ2n) is 7.95. The molecule has 1 aromatic rings.